The number of rotatable bonds is 5. The third-order valence-electron chi connectivity index (χ3n) is 3.52. The van der Waals surface area contributed by atoms with Crippen LogP contribution in [0.5, 0.6) is 5.75 Å². The molecule has 0 saturated heterocycles. The largest absolute Gasteiger partial charge is 0.489 e. The summed E-state index contributed by atoms with van der Waals surface area (Å²) < 4.78 is 5.57. The maximum atomic E-state index is 12.2. The van der Waals surface area contributed by atoms with Gasteiger partial charge in [0.1, 0.15) is 12.4 Å². The average Bonchev–Trinajstić information content (AvgIpc) is 2.46. The van der Waals surface area contributed by atoms with Crippen molar-refractivity contribution < 1.29 is 9.53 Å². The zero-order valence-corrected chi connectivity index (χ0v) is 12.2. The molecule has 1 fully saturated rings. The Morgan fingerprint density at radius 2 is 2.10 bits per heavy atom. The van der Waals surface area contributed by atoms with Crippen LogP contribution in [0.25, 0.3) is 0 Å². The van der Waals surface area contributed by atoms with Gasteiger partial charge in [-0.2, -0.15) is 0 Å². The zero-order chi connectivity index (χ0) is 14.4. The molecule has 1 aromatic rings. The summed E-state index contributed by atoms with van der Waals surface area (Å²) in [5.74, 6) is 0.710. The van der Waals surface area contributed by atoms with Crippen LogP contribution in [0.4, 0.5) is 0 Å². The van der Waals surface area contributed by atoms with E-state index in [-0.39, 0.29) is 5.91 Å². The van der Waals surface area contributed by atoms with Crippen molar-refractivity contribution in [1.82, 2.24) is 5.32 Å². The Labute approximate surface area is 121 Å². The molecule has 0 aliphatic heterocycles. The predicted octanol–water partition coefficient (Wildman–Crippen LogP) is 3.70. The van der Waals surface area contributed by atoms with Gasteiger partial charge in [-0.25, -0.2) is 0 Å². The van der Waals surface area contributed by atoms with E-state index >= 15 is 0 Å². The van der Waals surface area contributed by atoms with Crippen LogP contribution in [0.2, 0.25) is 0 Å². The second-order valence-electron chi connectivity index (χ2n) is 5.58. The van der Waals surface area contributed by atoms with Crippen LogP contribution in [0.3, 0.4) is 0 Å². The minimum Gasteiger partial charge on any atom is -0.489 e. The smallest absolute Gasteiger partial charge is 0.251 e. The molecule has 1 amide bonds. The van der Waals surface area contributed by atoms with Crippen molar-refractivity contribution in [1.29, 1.82) is 0 Å². The highest BCUT2D eigenvalue weighted by Crippen LogP contribution is 2.19. The molecule has 0 atom stereocenters. The molecular weight excluding hydrogens is 250 g/mol. The van der Waals surface area contributed by atoms with E-state index in [4.69, 9.17) is 4.74 Å². The third kappa shape index (κ3) is 4.41. The van der Waals surface area contributed by atoms with E-state index in [0.717, 1.165) is 18.4 Å². The molecule has 2 rings (SSSR count). The van der Waals surface area contributed by atoms with Crippen molar-refractivity contribution in [3.05, 3.63) is 42.0 Å². The minimum atomic E-state index is -0.00215. The molecule has 108 valence electrons. The highest BCUT2D eigenvalue weighted by molar-refractivity contribution is 5.94. The lowest BCUT2D eigenvalue weighted by atomic mass is 9.95. The first-order valence-corrected chi connectivity index (χ1v) is 7.33. The number of amides is 1. The van der Waals surface area contributed by atoms with Gasteiger partial charge in [0.25, 0.3) is 5.91 Å². The van der Waals surface area contributed by atoms with Crippen LogP contribution >= 0.6 is 0 Å². The summed E-state index contributed by atoms with van der Waals surface area (Å²) in [5, 5.41) is 3.12. The normalized spacial score (nSPS) is 15.7. The minimum absolute atomic E-state index is 0.00215. The lowest BCUT2D eigenvalue weighted by Gasteiger charge is -2.22. The van der Waals surface area contributed by atoms with E-state index in [1.807, 2.05) is 25.1 Å². The molecule has 0 spiro atoms. The van der Waals surface area contributed by atoms with E-state index in [0.29, 0.717) is 24.0 Å². The summed E-state index contributed by atoms with van der Waals surface area (Å²) in [5.41, 5.74) is 1.62. The number of hydrogen-bond donors (Lipinski definition) is 1. The lowest BCUT2D eigenvalue weighted by molar-refractivity contribution is 0.0927. The highest BCUT2D eigenvalue weighted by Gasteiger charge is 2.16. The third-order valence-corrected chi connectivity index (χ3v) is 3.52. The monoisotopic (exact) mass is 273 g/mol. The Bertz CT molecular complexity index is 476. The van der Waals surface area contributed by atoms with Crippen LogP contribution in [0.15, 0.2) is 36.4 Å². The molecule has 1 aliphatic carbocycles. The van der Waals surface area contributed by atoms with Crippen molar-refractivity contribution in [3.63, 3.8) is 0 Å². The van der Waals surface area contributed by atoms with Gasteiger partial charge in [0.05, 0.1) is 0 Å². The summed E-state index contributed by atoms with van der Waals surface area (Å²) in [4.78, 5) is 12.2. The van der Waals surface area contributed by atoms with Gasteiger partial charge in [0, 0.05) is 11.6 Å². The van der Waals surface area contributed by atoms with Crippen LogP contribution in [-0.2, 0) is 0 Å². The van der Waals surface area contributed by atoms with Crippen LogP contribution in [-0.4, -0.2) is 18.6 Å². The summed E-state index contributed by atoms with van der Waals surface area (Å²) in [7, 11) is 0. The Kier molecular flexibility index (Phi) is 5.22. The Hall–Kier alpha value is -1.77. The first-order chi connectivity index (χ1) is 9.65. The van der Waals surface area contributed by atoms with Crippen molar-refractivity contribution in [3.8, 4) is 5.75 Å². The first-order valence-electron chi connectivity index (χ1n) is 7.33. The van der Waals surface area contributed by atoms with Gasteiger partial charge in [-0.15, -0.1) is 0 Å². The summed E-state index contributed by atoms with van der Waals surface area (Å²) in [6.45, 7) is 6.20. The maximum Gasteiger partial charge on any atom is 0.251 e. The van der Waals surface area contributed by atoms with E-state index in [9.17, 15) is 4.79 Å². The molecular formula is C17H23NO2. The standard InChI is InChI=1S/C17H23NO2/c1-13(2)12-20-16-10-6-7-14(11-16)17(19)18-15-8-4-3-5-9-15/h6-7,10-11,15H,1,3-5,8-9,12H2,2H3,(H,18,19). The van der Waals surface area contributed by atoms with Gasteiger partial charge in [0.2, 0.25) is 0 Å². The van der Waals surface area contributed by atoms with E-state index in [1.54, 1.807) is 6.07 Å². The number of carbonyl (C=O) groups excluding carboxylic acids is 1. The van der Waals surface area contributed by atoms with Gasteiger partial charge >= 0.3 is 0 Å². The topological polar surface area (TPSA) is 38.3 Å². The van der Waals surface area contributed by atoms with Gasteiger partial charge in [-0.1, -0.05) is 31.9 Å². The molecule has 3 heteroatoms. The molecule has 0 radical (unpaired) electrons. The van der Waals surface area contributed by atoms with Gasteiger partial charge in [-0.3, -0.25) is 4.79 Å². The molecule has 3 nitrogen and oxygen atoms in total. The Balaban J connectivity index is 1.94. The first kappa shape index (κ1) is 14.6. The number of nitrogens with one attached hydrogen (secondary N) is 1. The molecule has 0 aromatic heterocycles. The fraction of sp³-hybridized carbons (Fsp3) is 0.471. The molecule has 1 aromatic carbocycles. The van der Waals surface area contributed by atoms with Crippen molar-refractivity contribution in [2.75, 3.05) is 6.61 Å². The number of ether oxygens (including phenoxy) is 1. The quantitative estimate of drug-likeness (QED) is 0.831. The predicted molar refractivity (Wildman–Crippen MR) is 81.1 cm³/mol. The SMILES string of the molecule is C=C(C)COc1cccc(C(=O)NC2CCCCC2)c1. The van der Waals surface area contributed by atoms with E-state index in [2.05, 4.69) is 11.9 Å². The second-order valence-corrected chi connectivity index (χ2v) is 5.58. The fourth-order valence-corrected chi connectivity index (χ4v) is 2.45. The van der Waals surface area contributed by atoms with Crippen LogP contribution in [0, 0.1) is 0 Å². The van der Waals surface area contributed by atoms with Crippen LogP contribution < -0.4 is 10.1 Å². The van der Waals surface area contributed by atoms with Crippen molar-refractivity contribution in [2.45, 2.75) is 45.1 Å². The van der Waals surface area contributed by atoms with Crippen molar-refractivity contribution >= 4 is 5.91 Å². The maximum absolute atomic E-state index is 12.2. The highest BCUT2D eigenvalue weighted by atomic mass is 16.5. The van der Waals surface area contributed by atoms with Gasteiger partial charge in [-0.05, 0) is 43.5 Å². The summed E-state index contributed by atoms with van der Waals surface area (Å²) in [6.07, 6.45) is 5.91. The molecule has 0 bridgehead atoms. The van der Waals surface area contributed by atoms with Crippen LogP contribution in [0.1, 0.15) is 49.4 Å². The summed E-state index contributed by atoms with van der Waals surface area (Å²) >= 11 is 0. The number of carbonyl (C=O) groups is 1. The van der Waals surface area contributed by atoms with Crippen molar-refractivity contribution in [2.24, 2.45) is 0 Å². The molecule has 0 unspecified atom stereocenters. The van der Waals surface area contributed by atoms with E-state index in [1.165, 1.54) is 19.3 Å². The molecule has 20 heavy (non-hydrogen) atoms. The fourth-order valence-electron chi connectivity index (χ4n) is 2.45. The van der Waals surface area contributed by atoms with E-state index < -0.39 is 0 Å². The second kappa shape index (κ2) is 7.13. The summed E-state index contributed by atoms with van der Waals surface area (Å²) in [6, 6.07) is 7.66. The Morgan fingerprint density at radius 1 is 1.35 bits per heavy atom. The number of hydrogen-bond acceptors (Lipinski definition) is 2. The lowest BCUT2D eigenvalue weighted by Crippen LogP contribution is -2.36. The molecule has 1 N–H and O–H groups in total. The molecule has 0 heterocycles. The van der Waals surface area contributed by atoms with Gasteiger partial charge in [0.15, 0.2) is 0 Å². The molecule has 1 aliphatic rings. The zero-order valence-electron chi connectivity index (χ0n) is 12.2. The average molecular weight is 273 g/mol. The Morgan fingerprint density at radius 3 is 2.80 bits per heavy atom. The molecule has 1 saturated carbocycles. The number of benzene rings is 1. The van der Waals surface area contributed by atoms with Gasteiger partial charge < -0.3 is 10.1 Å².